The minimum absolute atomic E-state index is 0.0808. The number of hydrogen-bond donors (Lipinski definition) is 2. The molecule has 1 heterocycles. The van der Waals surface area contributed by atoms with Crippen LogP contribution in [0, 0.1) is 0 Å². The maximum Gasteiger partial charge on any atom is 0.408 e. The lowest BCUT2D eigenvalue weighted by Crippen LogP contribution is -2.50. The highest BCUT2D eigenvalue weighted by Crippen LogP contribution is 2.17. The summed E-state index contributed by atoms with van der Waals surface area (Å²) in [5, 5.41) is 2.72. The van der Waals surface area contributed by atoms with Crippen molar-refractivity contribution in [3.05, 3.63) is 29.8 Å². The van der Waals surface area contributed by atoms with Crippen LogP contribution in [0.1, 0.15) is 26.3 Å². The molecule has 1 aromatic carbocycles. The Balaban J connectivity index is 2.09. The van der Waals surface area contributed by atoms with Gasteiger partial charge in [-0.25, -0.2) is 4.79 Å². The zero-order valence-corrected chi connectivity index (χ0v) is 15.2. The van der Waals surface area contributed by atoms with Crippen LogP contribution in [0.25, 0.3) is 0 Å². The van der Waals surface area contributed by atoms with Crippen LogP contribution in [-0.2, 0) is 16.0 Å². The van der Waals surface area contributed by atoms with E-state index in [1.165, 1.54) is 0 Å². The summed E-state index contributed by atoms with van der Waals surface area (Å²) < 4.78 is 5.29. The minimum Gasteiger partial charge on any atom is -0.444 e. The number of carbonyl (C=O) groups excluding carboxylic acids is 2. The van der Waals surface area contributed by atoms with Gasteiger partial charge in [0.1, 0.15) is 11.6 Å². The molecule has 1 unspecified atom stereocenters. The first kappa shape index (κ1) is 18.4. The Bertz CT molecular complexity index is 578. The SMILES string of the molecule is CC(C)(C)OC(=O)NC(Cc1ccc(N)cc1)C(=O)N1CCSC1. The summed E-state index contributed by atoms with van der Waals surface area (Å²) in [6, 6.07) is 6.66. The monoisotopic (exact) mass is 351 g/mol. The second-order valence-electron chi connectivity index (χ2n) is 6.78. The van der Waals surface area contributed by atoms with E-state index in [9.17, 15) is 9.59 Å². The van der Waals surface area contributed by atoms with Gasteiger partial charge in [-0.05, 0) is 38.5 Å². The number of thioether (sulfide) groups is 1. The smallest absolute Gasteiger partial charge is 0.408 e. The standard InChI is InChI=1S/C17H25N3O3S/c1-17(2,3)23-16(22)19-14(15(21)20-8-9-24-11-20)10-12-4-6-13(18)7-5-12/h4-7,14H,8-11,18H2,1-3H3,(H,19,22). The van der Waals surface area contributed by atoms with E-state index in [2.05, 4.69) is 5.32 Å². The zero-order valence-electron chi connectivity index (χ0n) is 14.4. The summed E-state index contributed by atoms with van der Waals surface area (Å²) in [5.41, 5.74) is 6.69. The summed E-state index contributed by atoms with van der Waals surface area (Å²) in [6.45, 7) is 6.08. The van der Waals surface area contributed by atoms with Crippen molar-refractivity contribution in [2.24, 2.45) is 0 Å². The number of benzene rings is 1. The van der Waals surface area contributed by atoms with Crippen LogP contribution in [-0.4, -0.2) is 46.7 Å². The van der Waals surface area contributed by atoms with E-state index in [-0.39, 0.29) is 5.91 Å². The molecular formula is C17H25N3O3S. The van der Waals surface area contributed by atoms with Crippen molar-refractivity contribution in [3.63, 3.8) is 0 Å². The molecule has 24 heavy (non-hydrogen) atoms. The van der Waals surface area contributed by atoms with Crippen molar-refractivity contribution < 1.29 is 14.3 Å². The number of nitrogens with zero attached hydrogens (tertiary/aromatic N) is 1. The molecule has 0 radical (unpaired) electrons. The van der Waals surface area contributed by atoms with Crippen molar-refractivity contribution in [1.29, 1.82) is 0 Å². The van der Waals surface area contributed by atoms with E-state index in [1.807, 2.05) is 12.1 Å². The molecule has 6 nitrogen and oxygen atoms in total. The summed E-state index contributed by atoms with van der Waals surface area (Å²) in [7, 11) is 0. The van der Waals surface area contributed by atoms with Crippen molar-refractivity contribution in [1.82, 2.24) is 10.2 Å². The van der Waals surface area contributed by atoms with Crippen LogP contribution in [0.3, 0.4) is 0 Å². The lowest BCUT2D eigenvalue weighted by molar-refractivity contribution is -0.132. The minimum atomic E-state index is -0.651. The number of carbonyl (C=O) groups is 2. The molecule has 2 amide bonds. The maximum absolute atomic E-state index is 12.7. The van der Waals surface area contributed by atoms with Gasteiger partial charge in [0.25, 0.3) is 0 Å². The first-order valence-corrected chi connectivity index (χ1v) is 9.10. The molecule has 0 aromatic heterocycles. The van der Waals surface area contributed by atoms with E-state index in [0.29, 0.717) is 24.5 Å². The number of ether oxygens (including phenoxy) is 1. The van der Waals surface area contributed by atoms with Crippen LogP contribution in [0.2, 0.25) is 0 Å². The Morgan fingerprint density at radius 3 is 2.54 bits per heavy atom. The van der Waals surface area contributed by atoms with Crippen LogP contribution in [0.4, 0.5) is 10.5 Å². The fourth-order valence-electron chi connectivity index (χ4n) is 2.35. The van der Waals surface area contributed by atoms with Gasteiger partial charge in [0.15, 0.2) is 0 Å². The Hall–Kier alpha value is -1.89. The second-order valence-corrected chi connectivity index (χ2v) is 7.86. The number of amides is 2. The lowest BCUT2D eigenvalue weighted by Gasteiger charge is -2.26. The van der Waals surface area contributed by atoms with E-state index < -0.39 is 17.7 Å². The van der Waals surface area contributed by atoms with Crippen molar-refractivity contribution in [2.45, 2.75) is 38.8 Å². The van der Waals surface area contributed by atoms with Crippen LogP contribution < -0.4 is 11.1 Å². The summed E-state index contributed by atoms with van der Waals surface area (Å²) in [4.78, 5) is 26.6. The molecule has 0 bridgehead atoms. The predicted octanol–water partition coefficient (Wildman–Crippen LogP) is 2.24. The molecule has 0 saturated carbocycles. The van der Waals surface area contributed by atoms with Crippen molar-refractivity contribution in [2.75, 3.05) is 23.9 Å². The van der Waals surface area contributed by atoms with Crippen LogP contribution >= 0.6 is 11.8 Å². The molecule has 1 aromatic rings. The molecule has 1 atom stereocenters. The van der Waals surface area contributed by atoms with Gasteiger partial charge in [-0.2, -0.15) is 0 Å². The molecule has 0 spiro atoms. The molecule has 1 aliphatic heterocycles. The van der Waals surface area contributed by atoms with Gasteiger partial charge in [-0.15, -0.1) is 11.8 Å². The number of nitrogens with one attached hydrogen (secondary N) is 1. The fourth-order valence-corrected chi connectivity index (χ4v) is 3.30. The number of alkyl carbamates (subject to hydrolysis) is 1. The average molecular weight is 351 g/mol. The van der Waals surface area contributed by atoms with Crippen molar-refractivity contribution >= 4 is 29.4 Å². The highest BCUT2D eigenvalue weighted by Gasteiger charge is 2.29. The number of nitrogen functional groups attached to an aromatic ring is 1. The third kappa shape index (κ3) is 5.63. The topological polar surface area (TPSA) is 84.7 Å². The molecule has 132 valence electrons. The number of nitrogens with two attached hydrogens (primary N) is 1. The summed E-state index contributed by atoms with van der Waals surface area (Å²) in [5.74, 6) is 1.50. The molecule has 1 aliphatic rings. The maximum atomic E-state index is 12.7. The highest BCUT2D eigenvalue weighted by atomic mass is 32.2. The Labute approximate surface area is 147 Å². The molecule has 1 fully saturated rings. The summed E-state index contributed by atoms with van der Waals surface area (Å²) >= 11 is 1.71. The number of rotatable bonds is 4. The van der Waals surface area contributed by atoms with Crippen LogP contribution in [0.15, 0.2) is 24.3 Å². The van der Waals surface area contributed by atoms with Crippen molar-refractivity contribution in [3.8, 4) is 0 Å². The average Bonchev–Trinajstić information content (AvgIpc) is 3.00. The van der Waals surface area contributed by atoms with Gasteiger partial charge in [-0.1, -0.05) is 12.1 Å². The molecule has 1 saturated heterocycles. The Morgan fingerprint density at radius 1 is 1.33 bits per heavy atom. The molecule has 7 heteroatoms. The van der Waals surface area contributed by atoms with E-state index >= 15 is 0 Å². The molecule has 3 N–H and O–H groups in total. The van der Waals surface area contributed by atoms with E-state index in [0.717, 1.165) is 11.3 Å². The van der Waals surface area contributed by atoms with Gasteiger partial charge in [0, 0.05) is 24.4 Å². The third-order valence-corrected chi connectivity index (χ3v) is 4.44. The second kappa shape index (κ2) is 7.79. The quantitative estimate of drug-likeness (QED) is 0.813. The predicted molar refractivity (Wildman–Crippen MR) is 96.8 cm³/mol. The van der Waals surface area contributed by atoms with Gasteiger partial charge < -0.3 is 20.7 Å². The first-order chi connectivity index (χ1) is 11.2. The van der Waals surface area contributed by atoms with E-state index in [4.69, 9.17) is 10.5 Å². The molecule has 2 rings (SSSR count). The Kier molecular flexibility index (Phi) is 5.99. The third-order valence-electron chi connectivity index (χ3n) is 3.47. The van der Waals surface area contributed by atoms with Gasteiger partial charge in [-0.3, -0.25) is 4.79 Å². The summed E-state index contributed by atoms with van der Waals surface area (Å²) in [6.07, 6.45) is -0.178. The first-order valence-electron chi connectivity index (χ1n) is 7.95. The number of hydrogen-bond acceptors (Lipinski definition) is 5. The fraction of sp³-hybridized carbons (Fsp3) is 0.529. The van der Waals surface area contributed by atoms with Crippen LogP contribution in [0.5, 0.6) is 0 Å². The van der Waals surface area contributed by atoms with Gasteiger partial charge in [0.05, 0.1) is 5.88 Å². The Morgan fingerprint density at radius 2 is 2.00 bits per heavy atom. The lowest BCUT2D eigenvalue weighted by atomic mass is 10.0. The number of anilines is 1. The van der Waals surface area contributed by atoms with Gasteiger partial charge in [0.2, 0.25) is 5.91 Å². The molecule has 0 aliphatic carbocycles. The van der Waals surface area contributed by atoms with Gasteiger partial charge >= 0.3 is 6.09 Å². The molecular weight excluding hydrogens is 326 g/mol. The van der Waals surface area contributed by atoms with E-state index in [1.54, 1.807) is 49.6 Å². The largest absolute Gasteiger partial charge is 0.444 e. The normalized spacial score (nSPS) is 15.9. The highest BCUT2D eigenvalue weighted by molar-refractivity contribution is 7.99. The zero-order chi connectivity index (χ0) is 17.7.